The first kappa shape index (κ1) is 16.5. The van der Waals surface area contributed by atoms with Gasteiger partial charge < -0.3 is 15.1 Å². The van der Waals surface area contributed by atoms with Gasteiger partial charge >= 0.3 is 6.18 Å². The number of likely N-dealkylation sites (N-methyl/N-ethyl adjacent to an activating group) is 1. The van der Waals surface area contributed by atoms with E-state index in [2.05, 4.69) is 10.3 Å². The zero-order valence-electron chi connectivity index (χ0n) is 12.5. The third-order valence-corrected chi connectivity index (χ3v) is 3.74. The molecule has 0 spiro atoms. The summed E-state index contributed by atoms with van der Waals surface area (Å²) in [6, 6.07) is 2.38. The molecular weight excluding hydrogens is 297 g/mol. The highest BCUT2D eigenvalue weighted by atomic mass is 19.4. The predicted molar refractivity (Wildman–Crippen MR) is 76.5 cm³/mol. The molecule has 2 rings (SSSR count). The van der Waals surface area contributed by atoms with Gasteiger partial charge in [0.05, 0.1) is 11.5 Å². The van der Waals surface area contributed by atoms with Crippen molar-refractivity contribution in [3.8, 4) is 0 Å². The van der Waals surface area contributed by atoms with Gasteiger partial charge in [-0.2, -0.15) is 13.2 Å². The van der Waals surface area contributed by atoms with Crippen molar-refractivity contribution in [2.24, 2.45) is 5.92 Å². The van der Waals surface area contributed by atoms with Crippen molar-refractivity contribution in [1.29, 1.82) is 0 Å². The molecule has 0 radical (unpaired) electrons. The fourth-order valence-electron chi connectivity index (χ4n) is 2.49. The van der Waals surface area contributed by atoms with Crippen LogP contribution in [0.15, 0.2) is 18.3 Å². The van der Waals surface area contributed by atoms with Gasteiger partial charge in [-0.1, -0.05) is 0 Å². The number of nitrogens with zero attached hydrogens (tertiary/aromatic N) is 3. The Morgan fingerprint density at radius 3 is 2.59 bits per heavy atom. The van der Waals surface area contributed by atoms with E-state index in [1.165, 1.54) is 6.07 Å². The number of alkyl halides is 3. The summed E-state index contributed by atoms with van der Waals surface area (Å²) in [6.07, 6.45) is -3.56. The summed E-state index contributed by atoms with van der Waals surface area (Å²) in [5.74, 6) is 0.129. The Morgan fingerprint density at radius 1 is 1.32 bits per heavy atom. The van der Waals surface area contributed by atoms with Crippen LogP contribution in [0, 0.1) is 5.92 Å². The number of pyridine rings is 1. The number of halogens is 3. The van der Waals surface area contributed by atoms with Gasteiger partial charge in [0.1, 0.15) is 5.82 Å². The second-order valence-corrected chi connectivity index (χ2v) is 5.42. The average molecular weight is 316 g/mol. The highest BCUT2D eigenvalue weighted by Crippen LogP contribution is 2.29. The smallest absolute Gasteiger partial charge is 0.359 e. The molecule has 1 amide bonds. The molecule has 0 unspecified atom stereocenters. The minimum atomic E-state index is -4.39. The van der Waals surface area contributed by atoms with Crippen LogP contribution in [0.1, 0.15) is 5.56 Å². The lowest BCUT2D eigenvalue weighted by molar-refractivity contribution is -0.137. The number of carbonyl (C=O) groups is 1. The zero-order valence-corrected chi connectivity index (χ0v) is 12.5. The zero-order chi connectivity index (χ0) is 16.3. The van der Waals surface area contributed by atoms with Crippen LogP contribution in [0.2, 0.25) is 0 Å². The Balaban J connectivity index is 2.17. The maximum Gasteiger partial charge on any atom is 0.417 e. The summed E-state index contributed by atoms with van der Waals surface area (Å²) in [7, 11) is 3.49. The van der Waals surface area contributed by atoms with Crippen molar-refractivity contribution < 1.29 is 18.0 Å². The first-order valence-corrected chi connectivity index (χ1v) is 6.99. The molecule has 22 heavy (non-hydrogen) atoms. The van der Waals surface area contributed by atoms with Crippen molar-refractivity contribution in [3.63, 3.8) is 0 Å². The molecule has 5 nitrogen and oxygen atoms in total. The first-order chi connectivity index (χ1) is 10.3. The van der Waals surface area contributed by atoms with E-state index in [4.69, 9.17) is 0 Å². The molecule has 1 aliphatic rings. The van der Waals surface area contributed by atoms with Gasteiger partial charge in [0.15, 0.2) is 0 Å². The van der Waals surface area contributed by atoms with Gasteiger partial charge in [0, 0.05) is 39.4 Å². The Morgan fingerprint density at radius 2 is 2.05 bits per heavy atom. The highest BCUT2D eigenvalue weighted by molar-refractivity contribution is 5.79. The quantitative estimate of drug-likeness (QED) is 0.891. The maximum atomic E-state index is 12.6. The summed E-state index contributed by atoms with van der Waals surface area (Å²) >= 11 is 0. The van der Waals surface area contributed by atoms with Gasteiger partial charge in [0.2, 0.25) is 5.91 Å². The van der Waals surface area contributed by atoms with E-state index in [1.807, 2.05) is 16.8 Å². The molecule has 122 valence electrons. The number of hydrogen-bond acceptors (Lipinski definition) is 4. The van der Waals surface area contributed by atoms with E-state index >= 15 is 0 Å². The van der Waals surface area contributed by atoms with Gasteiger partial charge in [-0.15, -0.1) is 0 Å². The molecule has 1 N–H and O–H groups in total. The molecule has 1 atom stereocenters. The molecule has 1 fully saturated rings. The minimum absolute atomic E-state index is 0.0781. The fourth-order valence-corrected chi connectivity index (χ4v) is 2.49. The number of rotatable bonds is 2. The molecule has 1 aromatic rings. The van der Waals surface area contributed by atoms with Crippen LogP contribution in [0.25, 0.3) is 0 Å². The van der Waals surface area contributed by atoms with Crippen LogP contribution in [0.5, 0.6) is 0 Å². The van der Waals surface area contributed by atoms with Crippen LogP contribution in [0.3, 0.4) is 0 Å². The molecule has 2 heterocycles. The van der Waals surface area contributed by atoms with Gasteiger partial charge in [-0.3, -0.25) is 4.79 Å². The van der Waals surface area contributed by atoms with E-state index in [-0.39, 0.29) is 11.8 Å². The lowest BCUT2D eigenvalue weighted by Crippen LogP contribution is -2.39. The van der Waals surface area contributed by atoms with Crippen molar-refractivity contribution in [2.75, 3.05) is 45.2 Å². The second kappa shape index (κ2) is 6.51. The number of carbonyl (C=O) groups excluding carboxylic acids is 1. The Labute approximate surface area is 127 Å². The average Bonchev–Trinajstić information content (AvgIpc) is 2.68. The van der Waals surface area contributed by atoms with E-state index in [0.717, 1.165) is 18.8 Å². The van der Waals surface area contributed by atoms with Crippen LogP contribution in [0.4, 0.5) is 19.0 Å². The van der Waals surface area contributed by atoms with E-state index < -0.39 is 11.7 Å². The van der Waals surface area contributed by atoms with Crippen molar-refractivity contribution >= 4 is 11.7 Å². The summed E-state index contributed by atoms with van der Waals surface area (Å²) in [5.41, 5.74) is -0.772. The summed E-state index contributed by atoms with van der Waals surface area (Å²) in [6.45, 7) is 2.37. The lowest BCUT2D eigenvalue weighted by atomic mass is 10.1. The molecule has 0 bridgehead atoms. The second-order valence-electron chi connectivity index (χ2n) is 5.42. The van der Waals surface area contributed by atoms with E-state index in [9.17, 15) is 18.0 Å². The molecule has 8 heteroatoms. The van der Waals surface area contributed by atoms with Gasteiger partial charge in [-0.05, 0) is 19.2 Å². The molecule has 1 aliphatic heterocycles. The fraction of sp³-hybridized carbons (Fsp3) is 0.571. The summed E-state index contributed by atoms with van der Waals surface area (Å²) < 4.78 is 37.7. The number of aromatic nitrogens is 1. The number of anilines is 1. The Hall–Kier alpha value is -1.83. The van der Waals surface area contributed by atoms with Gasteiger partial charge in [0.25, 0.3) is 0 Å². The molecule has 1 aromatic heterocycles. The minimum Gasteiger partial charge on any atom is -0.359 e. The third kappa shape index (κ3) is 3.88. The maximum absolute atomic E-state index is 12.6. The first-order valence-electron chi connectivity index (χ1n) is 6.99. The van der Waals surface area contributed by atoms with Crippen molar-refractivity contribution in [2.45, 2.75) is 6.18 Å². The van der Waals surface area contributed by atoms with Crippen LogP contribution in [-0.4, -0.2) is 56.1 Å². The predicted octanol–water partition coefficient (Wildman–Crippen LogP) is 1.21. The monoisotopic (exact) mass is 316 g/mol. The summed E-state index contributed by atoms with van der Waals surface area (Å²) in [5, 5.41) is 2.62. The van der Waals surface area contributed by atoms with E-state index in [0.29, 0.717) is 25.5 Å². The molecule has 0 aromatic carbocycles. The molecular formula is C14H19F3N4O. The van der Waals surface area contributed by atoms with E-state index in [1.54, 1.807) is 7.05 Å². The largest absolute Gasteiger partial charge is 0.417 e. The van der Waals surface area contributed by atoms with Crippen LogP contribution in [-0.2, 0) is 11.0 Å². The molecule has 1 saturated heterocycles. The Kier molecular flexibility index (Phi) is 4.90. The lowest BCUT2D eigenvalue weighted by Gasteiger charge is -2.24. The third-order valence-electron chi connectivity index (χ3n) is 3.74. The SMILES string of the molecule is CNC(=O)[C@H]1CN(C)CCN(c2ccc(C(F)(F)F)cn2)C1. The number of hydrogen-bond donors (Lipinski definition) is 1. The molecule has 0 aliphatic carbocycles. The normalized spacial score (nSPS) is 20.6. The van der Waals surface area contributed by atoms with Crippen molar-refractivity contribution in [1.82, 2.24) is 15.2 Å². The Bertz CT molecular complexity index is 518. The van der Waals surface area contributed by atoms with Crippen LogP contribution < -0.4 is 10.2 Å². The molecule has 0 saturated carbocycles. The standard InChI is InChI=1S/C14H19F3N4O/c1-18-13(22)10-8-20(2)5-6-21(9-10)12-4-3-11(7-19-12)14(15,16)17/h3-4,7,10H,5-6,8-9H2,1-2H3,(H,18,22)/t10-/m0/s1. The number of amides is 1. The highest BCUT2D eigenvalue weighted by Gasteiger charge is 2.31. The topological polar surface area (TPSA) is 48.5 Å². The number of nitrogens with one attached hydrogen (secondary N) is 1. The summed E-state index contributed by atoms with van der Waals surface area (Å²) in [4.78, 5) is 19.7. The van der Waals surface area contributed by atoms with Crippen LogP contribution >= 0.6 is 0 Å². The van der Waals surface area contributed by atoms with Crippen molar-refractivity contribution in [3.05, 3.63) is 23.9 Å². The van der Waals surface area contributed by atoms with Gasteiger partial charge in [-0.25, -0.2) is 4.98 Å².